The second-order valence-electron chi connectivity index (χ2n) is 12.4. The second-order valence-corrected chi connectivity index (χ2v) is 12.4. The van der Waals surface area contributed by atoms with E-state index in [4.69, 9.17) is 9.84 Å². The van der Waals surface area contributed by atoms with Crippen molar-refractivity contribution in [3.05, 3.63) is 52.6 Å². The Labute approximate surface area is 214 Å². The molecule has 0 bridgehead atoms. The molecule has 0 atom stereocenters. The van der Waals surface area contributed by atoms with E-state index in [0.717, 1.165) is 37.2 Å². The molecule has 1 aromatic carbocycles. The summed E-state index contributed by atoms with van der Waals surface area (Å²) in [7, 11) is 0. The first-order valence-electron chi connectivity index (χ1n) is 13.9. The van der Waals surface area contributed by atoms with Crippen LogP contribution in [0.3, 0.4) is 0 Å². The quantitative estimate of drug-likeness (QED) is 0.174. The first-order chi connectivity index (χ1) is 16.5. The van der Waals surface area contributed by atoms with Crippen molar-refractivity contribution in [3.8, 4) is 5.75 Å². The van der Waals surface area contributed by atoms with E-state index >= 15 is 0 Å². The number of hydrogen-bond acceptors (Lipinski definition) is 2. The number of aliphatic carboxylic acids is 1. The van der Waals surface area contributed by atoms with Crippen LogP contribution in [0.25, 0.3) is 0 Å². The Bertz CT molecular complexity index is 944. The average Bonchev–Trinajstić information content (AvgIpc) is 3.57. The summed E-state index contributed by atoms with van der Waals surface area (Å²) in [5, 5.41) is 8.94. The van der Waals surface area contributed by atoms with Gasteiger partial charge in [-0.15, -0.1) is 0 Å². The lowest BCUT2D eigenvalue weighted by Gasteiger charge is -2.43. The molecule has 35 heavy (non-hydrogen) atoms. The highest BCUT2D eigenvalue weighted by Crippen LogP contribution is 2.57. The Morgan fingerprint density at radius 1 is 0.943 bits per heavy atom. The van der Waals surface area contributed by atoms with Gasteiger partial charge < -0.3 is 9.84 Å². The topological polar surface area (TPSA) is 46.5 Å². The van der Waals surface area contributed by atoms with Gasteiger partial charge in [-0.25, -0.2) is 4.79 Å². The van der Waals surface area contributed by atoms with Crippen molar-refractivity contribution < 1.29 is 14.6 Å². The molecule has 0 saturated heterocycles. The van der Waals surface area contributed by atoms with Gasteiger partial charge in [0.25, 0.3) is 0 Å². The van der Waals surface area contributed by atoms with E-state index in [2.05, 4.69) is 52.8 Å². The predicted molar refractivity (Wildman–Crippen MR) is 147 cm³/mol. The summed E-state index contributed by atoms with van der Waals surface area (Å²) in [5.41, 5.74) is 5.75. The molecule has 0 spiro atoms. The lowest BCUT2D eigenvalue weighted by molar-refractivity contribution is -0.131. The molecule has 0 aromatic heterocycles. The van der Waals surface area contributed by atoms with Gasteiger partial charge in [0.1, 0.15) is 5.75 Å². The Hall–Kier alpha value is -2.03. The Morgan fingerprint density at radius 3 is 2.17 bits per heavy atom. The van der Waals surface area contributed by atoms with E-state index in [0.29, 0.717) is 0 Å². The minimum absolute atomic E-state index is 0.177. The van der Waals surface area contributed by atoms with Crippen molar-refractivity contribution in [1.29, 1.82) is 0 Å². The maximum Gasteiger partial charge on any atom is 0.328 e. The van der Waals surface area contributed by atoms with Gasteiger partial charge in [-0.2, -0.15) is 0 Å². The van der Waals surface area contributed by atoms with E-state index in [1.54, 1.807) is 0 Å². The molecule has 1 N–H and O–H groups in total. The number of ether oxygens (including phenoxy) is 1. The van der Waals surface area contributed by atoms with Crippen molar-refractivity contribution in [3.63, 3.8) is 0 Å². The normalized spacial score (nSPS) is 20.0. The molecule has 0 heterocycles. The standard InChI is InChI=1S/C32H48O3/c1-7-8-9-10-13-20-35-28-23-26-25(30(3,4)16-17-31(26,5)6)22-27(28)32(18-19-32)15-12-11-14-24(2)21-29(33)34/h11,14,21-23H,7-10,12-13,15-20H2,1-6H3,(H,33,34). The van der Waals surface area contributed by atoms with Gasteiger partial charge in [0.05, 0.1) is 6.61 Å². The number of benzene rings is 1. The van der Waals surface area contributed by atoms with E-state index in [1.807, 2.05) is 13.0 Å². The third-order valence-electron chi connectivity index (χ3n) is 8.40. The number of carbonyl (C=O) groups is 1. The fourth-order valence-electron chi connectivity index (χ4n) is 5.69. The molecule has 3 heteroatoms. The van der Waals surface area contributed by atoms with E-state index in [-0.39, 0.29) is 16.2 Å². The van der Waals surface area contributed by atoms with Crippen molar-refractivity contribution in [2.45, 2.75) is 128 Å². The smallest absolute Gasteiger partial charge is 0.328 e. The number of rotatable bonds is 13. The fraction of sp³-hybridized carbons (Fsp3) is 0.656. The summed E-state index contributed by atoms with van der Waals surface area (Å²) >= 11 is 0. The van der Waals surface area contributed by atoms with Gasteiger partial charge in [0.15, 0.2) is 0 Å². The van der Waals surface area contributed by atoms with Crippen molar-refractivity contribution in [2.75, 3.05) is 6.61 Å². The van der Waals surface area contributed by atoms with Crippen LogP contribution in [-0.4, -0.2) is 17.7 Å². The van der Waals surface area contributed by atoms with Gasteiger partial charge in [-0.3, -0.25) is 0 Å². The molecule has 0 aliphatic heterocycles. The predicted octanol–water partition coefficient (Wildman–Crippen LogP) is 8.78. The van der Waals surface area contributed by atoms with Gasteiger partial charge in [-0.05, 0) is 90.9 Å². The highest BCUT2D eigenvalue weighted by molar-refractivity contribution is 5.81. The molecule has 1 saturated carbocycles. The molecular formula is C32H48O3. The average molecular weight is 481 g/mol. The van der Waals surface area contributed by atoms with E-state index in [1.165, 1.54) is 74.1 Å². The van der Waals surface area contributed by atoms with Gasteiger partial charge in [0, 0.05) is 11.6 Å². The third kappa shape index (κ3) is 7.02. The van der Waals surface area contributed by atoms with E-state index < -0.39 is 5.97 Å². The van der Waals surface area contributed by atoms with Crippen LogP contribution in [0.5, 0.6) is 5.75 Å². The van der Waals surface area contributed by atoms with Crippen molar-refractivity contribution >= 4 is 5.97 Å². The molecular weight excluding hydrogens is 432 g/mol. The highest BCUT2D eigenvalue weighted by atomic mass is 16.5. The Kier molecular flexibility index (Phi) is 8.94. The van der Waals surface area contributed by atoms with Crippen LogP contribution in [0.4, 0.5) is 0 Å². The van der Waals surface area contributed by atoms with Crippen LogP contribution in [-0.2, 0) is 21.0 Å². The molecule has 1 fully saturated rings. The zero-order chi connectivity index (χ0) is 25.7. The number of unbranched alkanes of at least 4 members (excludes halogenated alkanes) is 4. The molecule has 3 rings (SSSR count). The number of fused-ring (bicyclic) bond motifs is 1. The second kappa shape index (κ2) is 11.4. The SMILES string of the molecule is CCCCCCCOc1cc2c(cc1C1(CCC=CC(C)=CC(=O)O)CC1)C(C)(C)CCC2(C)C. The van der Waals surface area contributed by atoms with E-state index in [9.17, 15) is 4.79 Å². The lowest BCUT2D eigenvalue weighted by Crippen LogP contribution is -2.34. The maximum atomic E-state index is 10.9. The van der Waals surface area contributed by atoms with Gasteiger partial charge in [-0.1, -0.05) is 78.5 Å². The number of allylic oxidation sites excluding steroid dienone is 3. The molecule has 0 amide bonds. The summed E-state index contributed by atoms with van der Waals surface area (Å²) in [6.45, 7) is 14.5. The minimum atomic E-state index is -0.887. The molecule has 0 unspecified atom stereocenters. The molecule has 2 aliphatic carbocycles. The molecule has 2 aliphatic rings. The fourth-order valence-corrected chi connectivity index (χ4v) is 5.69. The van der Waals surface area contributed by atoms with Crippen LogP contribution < -0.4 is 4.74 Å². The monoisotopic (exact) mass is 480 g/mol. The number of carboxylic acid groups (broad SMARTS) is 1. The van der Waals surface area contributed by atoms with Crippen LogP contribution in [0.1, 0.15) is 129 Å². The zero-order valence-corrected chi connectivity index (χ0v) is 23.1. The van der Waals surface area contributed by atoms with Crippen LogP contribution in [0.15, 0.2) is 35.9 Å². The maximum absolute atomic E-state index is 10.9. The summed E-state index contributed by atoms with van der Waals surface area (Å²) < 4.78 is 6.57. The number of carboxylic acids is 1. The summed E-state index contributed by atoms with van der Waals surface area (Å²) in [6, 6.07) is 4.93. The lowest BCUT2D eigenvalue weighted by atomic mass is 9.62. The van der Waals surface area contributed by atoms with Crippen molar-refractivity contribution in [1.82, 2.24) is 0 Å². The first-order valence-corrected chi connectivity index (χ1v) is 13.9. The molecule has 1 aromatic rings. The third-order valence-corrected chi connectivity index (χ3v) is 8.40. The minimum Gasteiger partial charge on any atom is -0.493 e. The van der Waals surface area contributed by atoms with Gasteiger partial charge >= 0.3 is 5.97 Å². The van der Waals surface area contributed by atoms with Crippen LogP contribution in [0, 0.1) is 0 Å². The van der Waals surface area contributed by atoms with Crippen molar-refractivity contribution in [2.24, 2.45) is 0 Å². The zero-order valence-electron chi connectivity index (χ0n) is 23.1. The molecule has 0 radical (unpaired) electrons. The molecule has 3 nitrogen and oxygen atoms in total. The molecule has 194 valence electrons. The summed E-state index contributed by atoms with van der Waals surface area (Å²) in [6.07, 6.45) is 18.5. The Balaban J connectivity index is 1.85. The largest absolute Gasteiger partial charge is 0.493 e. The Morgan fingerprint density at radius 2 is 1.57 bits per heavy atom. The van der Waals surface area contributed by atoms with Crippen LogP contribution >= 0.6 is 0 Å². The highest BCUT2D eigenvalue weighted by Gasteiger charge is 2.47. The number of hydrogen-bond donors (Lipinski definition) is 1. The van der Waals surface area contributed by atoms with Crippen LogP contribution in [0.2, 0.25) is 0 Å². The summed E-state index contributed by atoms with van der Waals surface area (Å²) in [5.74, 6) is 0.232. The first kappa shape index (κ1) is 27.6. The summed E-state index contributed by atoms with van der Waals surface area (Å²) in [4.78, 5) is 10.9. The van der Waals surface area contributed by atoms with Gasteiger partial charge in [0.2, 0.25) is 0 Å².